The molecule has 15 heavy (non-hydrogen) atoms. The van der Waals surface area contributed by atoms with Gasteiger partial charge in [0, 0.05) is 31.4 Å². The number of nitrogens with one attached hydrogen (secondary N) is 2. The van der Waals surface area contributed by atoms with E-state index in [1.807, 2.05) is 25.2 Å². The van der Waals surface area contributed by atoms with Gasteiger partial charge < -0.3 is 15.7 Å². The number of phenolic OH excluding ortho intramolecular Hbond substituents is 1. The van der Waals surface area contributed by atoms with Crippen LogP contribution in [0.25, 0.3) is 10.9 Å². The number of hydrogen-bond donors (Lipinski definition) is 3. The summed E-state index contributed by atoms with van der Waals surface area (Å²) in [6.45, 7) is 0. The number of benzene rings is 1. The van der Waals surface area contributed by atoms with Crippen LogP contribution in [0.15, 0.2) is 24.4 Å². The van der Waals surface area contributed by atoms with Gasteiger partial charge in [-0.15, -0.1) is 0 Å². The molecule has 1 heterocycles. The van der Waals surface area contributed by atoms with Crippen LogP contribution in [0.3, 0.4) is 0 Å². The largest absolute Gasteiger partial charge is 0.504 e. The van der Waals surface area contributed by atoms with Gasteiger partial charge in [0.2, 0.25) is 0 Å². The van der Waals surface area contributed by atoms with Crippen LogP contribution < -0.4 is 10.6 Å². The number of anilines is 2. The molecule has 0 bridgehead atoms. The quantitative estimate of drug-likeness (QED) is 0.516. The van der Waals surface area contributed by atoms with Crippen molar-refractivity contribution in [1.29, 1.82) is 0 Å². The van der Waals surface area contributed by atoms with Crippen molar-refractivity contribution in [2.75, 3.05) is 24.7 Å². The lowest BCUT2D eigenvalue weighted by molar-refractivity contribution is 0.482. The van der Waals surface area contributed by atoms with Crippen molar-refractivity contribution in [3.05, 3.63) is 24.4 Å². The Bertz CT molecular complexity index is 496. The molecule has 0 fully saturated rings. The summed E-state index contributed by atoms with van der Waals surface area (Å²) in [5.74, 6) is 0.187. The third kappa shape index (κ3) is 1.44. The Morgan fingerprint density at radius 2 is 1.93 bits per heavy atom. The van der Waals surface area contributed by atoms with Gasteiger partial charge in [-0.2, -0.15) is 0 Å². The highest BCUT2D eigenvalue weighted by Gasteiger charge is 2.09. The van der Waals surface area contributed by atoms with E-state index in [0.717, 1.165) is 11.1 Å². The van der Waals surface area contributed by atoms with Crippen LogP contribution in [0.5, 0.6) is 5.75 Å². The average molecular weight is 203 g/mol. The summed E-state index contributed by atoms with van der Waals surface area (Å²) < 4.78 is 0. The Balaban J connectivity index is 2.84. The van der Waals surface area contributed by atoms with Gasteiger partial charge in [-0.05, 0) is 18.2 Å². The maximum absolute atomic E-state index is 9.92. The molecular formula is C11H13N3O. The number of nitrogens with zero attached hydrogens (tertiary/aromatic N) is 1. The third-order valence-corrected chi connectivity index (χ3v) is 2.40. The minimum Gasteiger partial charge on any atom is -0.504 e. The highest BCUT2D eigenvalue weighted by molar-refractivity contribution is 5.99. The fraction of sp³-hybridized carbons (Fsp3) is 0.182. The first-order chi connectivity index (χ1) is 7.27. The zero-order valence-electron chi connectivity index (χ0n) is 8.70. The number of phenols is 1. The van der Waals surface area contributed by atoms with Crippen LogP contribution in [-0.4, -0.2) is 24.2 Å². The summed E-state index contributed by atoms with van der Waals surface area (Å²) in [6.07, 6.45) is 1.67. The van der Waals surface area contributed by atoms with Crippen LogP contribution in [0, 0.1) is 0 Å². The Labute approximate surface area is 88.0 Å². The number of aromatic nitrogens is 1. The van der Waals surface area contributed by atoms with Gasteiger partial charge in [0.1, 0.15) is 5.52 Å². The van der Waals surface area contributed by atoms with Crippen molar-refractivity contribution >= 4 is 22.3 Å². The minimum atomic E-state index is 0.187. The van der Waals surface area contributed by atoms with Crippen molar-refractivity contribution in [2.24, 2.45) is 0 Å². The normalized spacial score (nSPS) is 10.3. The molecule has 3 N–H and O–H groups in total. The Hall–Kier alpha value is -1.97. The Morgan fingerprint density at radius 1 is 1.20 bits per heavy atom. The van der Waals surface area contributed by atoms with Gasteiger partial charge in [-0.25, -0.2) is 0 Å². The predicted octanol–water partition coefficient (Wildman–Crippen LogP) is 2.02. The Morgan fingerprint density at radius 3 is 2.60 bits per heavy atom. The second-order valence-corrected chi connectivity index (χ2v) is 3.22. The van der Waals surface area contributed by atoms with E-state index in [1.54, 1.807) is 13.2 Å². The summed E-state index contributed by atoms with van der Waals surface area (Å²) in [6, 6.07) is 5.63. The van der Waals surface area contributed by atoms with E-state index in [1.165, 1.54) is 0 Å². The molecule has 0 aliphatic heterocycles. The number of aromatic hydroxyl groups is 1. The van der Waals surface area contributed by atoms with E-state index in [2.05, 4.69) is 15.6 Å². The molecule has 4 heteroatoms. The first kappa shape index (κ1) is 9.58. The SMILES string of the molecule is CNc1cc(NC)c2cccnc2c1O. The van der Waals surface area contributed by atoms with E-state index in [-0.39, 0.29) is 5.75 Å². The fourth-order valence-electron chi connectivity index (χ4n) is 1.63. The lowest BCUT2D eigenvalue weighted by Crippen LogP contribution is -1.95. The molecule has 0 aliphatic rings. The van der Waals surface area contributed by atoms with Gasteiger partial charge in [0.15, 0.2) is 5.75 Å². The first-order valence-electron chi connectivity index (χ1n) is 4.74. The molecule has 0 aliphatic carbocycles. The molecule has 1 aromatic carbocycles. The molecule has 78 valence electrons. The topological polar surface area (TPSA) is 57.2 Å². The third-order valence-electron chi connectivity index (χ3n) is 2.40. The van der Waals surface area contributed by atoms with Crippen LogP contribution >= 0.6 is 0 Å². The van der Waals surface area contributed by atoms with E-state index >= 15 is 0 Å². The standard InChI is InChI=1S/C11H13N3O/c1-12-8-6-9(13-2)11(15)10-7(8)4-3-5-14-10/h3-6,12-13,15H,1-2H3. The van der Waals surface area contributed by atoms with E-state index < -0.39 is 0 Å². The fourth-order valence-corrected chi connectivity index (χ4v) is 1.63. The molecule has 0 spiro atoms. The van der Waals surface area contributed by atoms with Gasteiger partial charge in [0.05, 0.1) is 5.69 Å². The Kier molecular flexibility index (Phi) is 2.33. The molecule has 0 atom stereocenters. The van der Waals surface area contributed by atoms with Gasteiger partial charge in [0.25, 0.3) is 0 Å². The zero-order chi connectivity index (χ0) is 10.8. The van der Waals surface area contributed by atoms with Crippen LogP contribution in [0.2, 0.25) is 0 Å². The number of hydrogen-bond acceptors (Lipinski definition) is 4. The van der Waals surface area contributed by atoms with Crippen molar-refractivity contribution in [1.82, 2.24) is 4.98 Å². The van der Waals surface area contributed by atoms with Crippen molar-refractivity contribution in [3.8, 4) is 5.75 Å². The average Bonchev–Trinajstić information content (AvgIpc) is 2.30. The molecule has 0 saturated carbocycles. The number of pyridine rings is 1. The smallest absolute Gasteiger partial charge is 0.165 e. The monoisotopic (exact) mass is 203 g/mol. The number of fused-ring (bicyclic) bond motifs is 1. The molecular weight excluding hydrogens is 190 g/mol. The van der Waals surface area contributed by atoms with Crippen molar-refractivity contribution < 1.29 is 5.11 Å². The number of rotatable bonds is 2. The first-order valence-corrected chi connectivity index (χ1v) is 4.74. The highest BCUT2D eigenvalue weighted by Crippen LogP contribution is 2.35. The molecule has 4 nitrogen and oxygen atoms in total. The molecule has 2 rings (SSSR count). The van der Waals surface area contributed by atoms with Crippen LogP contribution in [0.1, 0.15) is 0 Å². The summed E-state index contributed by atoms with van der Waals surface area (Å²) in [4.78, 5) is 4.17. The zero-order valence-corrected chi connectivity index (χ0v) is 8.70. The van der Waals surface area contributed by atoms with Gasteiger partial charge in [-0.3, -0.25) is 4.98 Å². The summed E-state index contributed by atoms with van der Waals surface area (Å²) >= 11 is 0. The molecule has 0 saturated heterocycles. The predicted molar refractivity (Wildman–Crippen MR) is 62.5 cm³/mol. The van der Waals surface area contributed by atoms with Gasteiger partial charge >= 0.3 is 0 Å². The second kappa shape index (κ2) is 3.65. The van der Waals surface area contributed by atoms with Crippen LogP contribution in [0.4, 0.5) is 11.4 Å². The summed E-state index contributed by atoms with van der Waals surface area (Å²) in [5.41, 5.74) is 2.22. The van der Waals surface area contributed by atoms with E-state index in [0.29, 0.717) is 11.2 Å². The maximum Gasteiger partial charge on any atom is 0.165 e. The van der Waals surface area contributed by atoms with Crippen LogP contribution in [-0.2, 0) is 0 Å². The van der Waals surface area contributed by atoms with Crippen molar-refractivity contribution in [3.63, 3.8) is 0 Å². The van der Waals surface area contributed by atoms with Crippen molar-refractivity contribution in [2.45, 2.75) is 0 Å². The maximum atomic E-state index is 9.92. The van der Waals surface area contributed by atoms with E-state index in [9.17, 15) is 5.11 Å². The molecule has 0 radical (unpaired) electrons. The summed E-state index contributed by atoms with van der Waals surface area (Å²) in [7, 11) is 3.61. The second-order valence-electron chi connectivity index (χ2n) is 3.22. The lowest BCUT2D eigenvalue weighted by atomic mass is 10.1. The molecule has 0 amide bonds. The molecule has 0 unspecified atom stereocenters. The molecule has 2 aromatic rings. The molecule has 1 aromatic heterocycles. The van der Waals surface area contributed by atoms with E-state index in [4.69, 9.17) is 0 Å². The summed E-state index contributed by atoms with van der Waals surface area (Å²) in [5, 5.41) is 16.8. The van der Waals surface area contributed by atoms with Gasteiger partial charge in [-0.1, -0.05) is 0 Å². The minimum absolute atomic E-state index is 0.187. The lowest BCUT2D eigenvalue weighted by Gasteiger charge is -2.11. The highest BCUT2D eigenvalue weighted by atomic mass is 16.3.